The minimum absolute atomic E-state index is 0.0359. The van der Waals surface area contributed by atoms with Crippen molar-refractivity contribution in [2.24, 2.45) is 17.4 Å². The van der Waals surface area contributed by atoms with Gasteiger partial charge in [-0.2, -0.15) is 0 Å². The maximum Gasteiger partial charge on any atom is 0.330 e. The number of amides is 9. The maximum absolute atomic E-state index is 14.5. The van der Waals surface area contributed by atoms with Crippen LogP contribution in [-0.2, 0) is 59.8 Å². The van der Waals surface area contributed by atoms with Gasteiger partial charge in [-0.25, -0.2) is 4.79 Å². The molecule has 7 rings (SSSR count). The number of carbonyl (C=O) groups excluding carboxylic acids is 9. The van der Waals surface area contributed by atoms with Gasteiger partial charge in [-0.1, -0.05) is 26.0 Å². The van der Waals surface area contributed by atoms with Crippen molar-refractivity contribution in [3.05, 3.63) is 52.6 Å². The van der Waals surface area contributed by atoms with Crippen LogP contribution in [-0.4, -0.2) is 137 Å². The molecule has 0 saturated heterocycles. The molecule has 0 fully saturated rings. The van der Waals surface area contributed by atoms with Crippen molar-refractivity contribution in [2.45, 2.75) is 119 Å². The predicted molar refractivity (Wildman–Crippen MR) is 242 cm³/mol. The first-order valence-electron chi connectivity index (χ1n) is 22.7. The SMILES string of the molecule is CC[C@@]1(C)Oc2cccc3c2N[C@@H]2Oc4c5cc6cc4[C@]32C[C@H](NC(=O)[C@H](C)NC(=O)CNC(=O)[C@@H](NC(=O)[C@@H](NC(=O)[C@@H](N)CC(N)=O)C[C@@H](C)C5)[C@@H]6O)C(=O)NCC(=O)NCC(=O)N[C@@H]1C(=O)O. The summed E-state index contributed by atoms with van der Waals surface area (Å²) in [5, 5.41) is 46.1. The fraction of sp³-hybridized carbons (Fsp3) is 0.511. The molecule has 5 aliphatic rings. The molecule has 70 heavy (non-hydrogen) atoms. The van der Waals surface area contributed by atoms with Crippen molar-refractivity contribution in [3.63, 3.8) is 0 Å². The van der Waals surface area contributed by atoms with E-state index in [2.05, 4.69) is 47.9 Å². The second-order valence-corrected chi connectivity index (χ2v) is 18.5. The van der Waals surface area contributed by atoms with Gasteiger partial charge in [0.05, 0.1) is 43.2 Å². The Balaban J connectivity index is 1.46. The molecule has 5 heterocycles. The Morgan fingerprint density at radius 1 is 0.857 bits per heavy atom. The summed E-state index contributed by atoms with van der Waals surface area (Å²) in [6.45, 7) is 4.11. The number of rotatable bonds is 6. The van der Waals surface area contributed by atoms with Crippen LogP contribution < -0.4 is 68.8 Å². The van der Waals surface area contributed by atoms with Crippen molar-refractivity contribution < 1.29 is 67.6 Å². The van der Waals surface area contributed by atoms with E-state index in [1.165, 1.54) is 19.9 Å². The number of nitrogens with two attached hydrogens (primary N) is 2. The number of anilines is 1. The molecule has 25 nitrogen and oxygen atoms in total. The highest BCUT2D eigenvalue weighted by atomic mass is 16.5. The molecular weight excluding hydrogens is 919 g/mol. The molecule has 0 radical (unpaired) electrons. The number of aliphatic hydroxyl groups is 1. The Hall–Kier alpha value is -7.54. The molecule has 25 heteroatoms. The molecule has 376 valence electrons. The molecule has 15 N–H and O–H groups in total. The maximum atomic E-state index is 14.5. The van der Waals surface area contributed by atoms with Gasteiger partial charge in [-0.3, -0.25) is 43.2 Å². The molecule has 0 unspecified atom stereocenters. The fourth-order valence-corrected chi connectivity index (χ4v) is 9.58. The number of ether oxygens (including phenoxy) is 2. The normalized spacial score (nSPS) is 30.7. The first-order chi connectivity index (χ1) is 33.0. The minimum Gasteiger partial charge on any atom is -0.483 e. The summed E-state index contributed by atoms with van der Waals surface area (Å²) in [6.07, 6.45) is -3.89. The van der Waals surface area contributed by atoms with Crippen LogP contribution in [0.25, 0.3) is 0 Å². The van der Waals surface area contributed by atoms with Crippen LogP contribution in [0.15, 0.2) is 30.3 Å². The molecule has 11 atom stereocenters. The predicted octanol–water partition coefficient (Wildman–Crippen LogP) is -4.22. The fourth-order valence-electron chi connectivity index (χ4n) is 9.58. The van der Waals surface area contributed by atoms with Gasteiger partial charge < -0.3 is 79.0 Å². The van der Waals surface area contributed by atoms with E-state index < -0.39 is 151 Å². The average molecular weight is 976 g/mol. The number of benzene rings is 2. The molecule has 5 aliphatic heterocycles. The van der Waals surface area contributed by atoms with Gasteiger partial charge in [0, 0.05) is 5.56 Å². The number of nitrogens with one attached hydrogen (secondary N) is 9. The molecule has 0 saturated carbocycles. The molecule has 2 aromatic carbocycles. The third kappa shape index (κ3) is 9.97. The van der Waals surface area contributed by atoms with Crippen LogP contribution in [0.3, 0.4) is 0 Å². The highest BCUT2D eigenvalue weighted by molar-refractivity contribution is 5.97. The van der Waals surface area contributed by atoms with E-state index in [1.807, 2.05) is 0 Å². The van der Waals surface area contributed by atoms with Gasteiger partial charge in [-0.15, -0.1) is 0 Å². The lowest BCUT2D eigenvalue weighted by atomic mass is 9.70. The largest absolute Gasteiger partial charge is 0.483 e. The van der Waals surface area contributed by atoms with Crippen LogP contribution in [0.4, 0.5) is 5.69 Å². The first-order valence-corrected chi connectivity index (χ1v) is 22.7. The Morgan fingerprint density at radius 3 is 2.24 bits per heavy atom. The number of hydrogen-bond acceptors (Lipinski definition) is 15. The molecule has 9 amide bonds. The van der Waals surface area contributed by atoms with Crippen molar-refractivity contribution in [1.29, 1.82) is 0 Å². The lowest BCUT2D eigenvalue weighted by Gasteiger charge is -2.36. The number of hydrogen-bond donors (Lipinski definition) is 13. The van der Waals surface area contributed by atoms with E-state index in [-0.39, 0.29) is 48.4 Å². The van der Waals surface area contributed by atoms with E-state index in [0.717, 1.165) is 0 Å². The van der Waals surface area contributed by atoms with Gasteiger partial charge >= 0.3 is 5.97 Å². The van der Waals surface area contributed by atoms with Gasteiger partial charge in [0.1, 0.15) is 47.4 Å². The number of aliphatic carboxylic acids is 1. The average Bonchev–Trinajstić information content (AvgIpc) is 3.78. The van der Waals surface area contributed by atoms with Crippen LogP contribution in [0, 0.1) is 5.92 Å². The lowest BCUT2D eigenvalue weighted by molar-refractivity contribution is -0.148. The number of aliphatic hydroxyl groups excluding tert-OH is 1. The molecule has 2 aromatic rings. The molecule has 0 aromatic heterocycles. The number of carboxylic acid groups (broad SMARTS) is 1. The molecular formula is C45H57N11O14. The van der Waals surface area contributed by atoms with E-state index >= 15 is 0 Å². The van der Waals surface area contributed by atoms with Crippen LogP contribution in [0.5, 0.6) is 11.5 Å². The lowest BCUT2D eigenvalue weighted by Crippen LogP contribution is -2.59. The summed E-state index contributed by atoms with van der Waals surface area (Å²) in [7, 11) is 0. The standard InChI is InChI=1S/C45H57N11O14/c1-5-44(4)36(42(67)68)54-31(60)16-48-29(58)15-49-39(64)26-14-45-22-7-6-8-27(70-44)32(22)56-43(45)69-35-21-9-18(2)10-25(52-38(63)24(46)13-28(47)57)40(65)55-33(34(61)20(11-21)12-23(35)45)41(66)50-17-30(59)51-19(3)37(62)53-26/h6-8,11-12,18-19,24-26,33-34,36,43,56,61H,5,9-10,13-17,46H2,1-4H3,(H2,47,57)(H,48,58)(H,49,64)(H,50,66)(H,51,59)(H,52,63)(H,53,62)(H,54,60)(H,55,65)(H,67,68)/t18-,19-,24-,25-,26-,33-,34+,36+,43+,44+,45-/m0/s1. The van der Waals surface area contributed by atoms with Gasteiger partial charge in [0.15, 0.2) is 12.3 Å². The third-order valence-electron chi connectivity index (χ3n) is 13.4. The Morgan fingerprint density at radius 2 is 1.54 bits per heavy atom. The summed E-state index contributed by atoms with van der Waals surface area (Å²) in [6, 6.07) is -1.23. The van der Waals surface area contributed by atoms with E-state index in [0.29, 0.717) is 16.7 Å². The van der Waals surface area contributed by atoms with Crippen LogP contribution in [0.2, 0.25) is 0 Å². The first kappa shape index (κ1) is 50.3. The van der Waals surface area contributed by atoms with Crippen LogP contribution in [0.1, 0.15) is 81.7 Å². The van der Waals surface area contributed by atoms with Gasteiger partial charge in [-0.05, 0) is 80.3 Å². The zero-order valence-corrected chi connectivity index (χ0v) is 38.7. The van der Waals surface area contributed by atoms with Crippen molar-refractivity contribution in [2.75, 3.05) is 25.0 Å². The highest BCUT2D eigenvalue weighted by Gasteiger charge is 2.59. The molecule has 0 aliphatic carbocycles. The monoisotopic (exact) mass is 975 g/mol. The van der Waals surface area contributed by atoms with Crippen molar-refractivity contribution >= 4 is 64.8 Å². The molecule has 1 spiro atoms. The quantitative estimate of drug-likeness (QED) is 0.130. The second-order valence-electron chi connectivity index (χ2n) is 18.5. The summed E-state index contributed by atoms with van der Waals surface area (Å²) >= 11 is 0. The Labute approximate surface area is 400 Å². The summed E-state index contributed by atoms with van der Waals surface area (Å²) in [5.41, 5.74) is 9.48. The summed E-state index contributed by atoms with van der Waals surface area (Å²) in [4.78, 5) is 134. The molecule has 9 bridgehead atoms. The second kappa shape index (κ2) is 19.8. The number of carbonyl (C=O) groups is 10. The van der Waals surface area contributed by atoms with Gasteiger partial charge in [0.2, 0.25) is 53.2 Å². The van der Waals surface area contributed by atoms with Crippen molar-refractivity contribution in [3.8, 4) is 11.5 Å². The van der Waals surface area contributed by atoms with Crippen molar-refractivity contribution in [1.82, 2.24) is 42.5 Å². The van der Waals surface area contributed by atoms with E-state index in [1.54, 1.807) is 38.1 Å². The number of para-hydroxylation sites is 1. The summed E-state index contributed by atoms with van der Waals surface area (Å²) in [5.74, 6) is -9.65. The zero-order valence-electron chi connectivity index (χ0n) is 38.7. The topological polar surface area (TPSA) is 390 Å². The third-order valence-corrected chi connectivity index (χ3v) is 13.4. The Kier molecular flexibility index (Phi) is 14.3. The van der Waals surface area contributed by atoms with Gasteiger partial charge in [0.25, 0.3) is 0 Å². The number of fused-ring (bicyclic) bond motifs is 4. The number of primary amides is 1. The summed E-state index contributed by atoms with van der Waals surface area (Å²) < 4.78 is 13.5. The smallest absolute Gasteiger partial charge is 0.330 e. The van der Waals surface area contributed by atoms with Crippen LogP contribution >= 0.6 is 0 Å². The van der Waals surface area contributed by atoms with E-state index in [9.17, 15) is 58.2 Å². The zero-order chi connectivity index (χ0) is 51.0. The van der Waals surface area contributed by atoms with E-state index in [4.69, 9.17) is 20.9 Å². The Bertz CT molecular complexity index is 2540. The number of carboxylic acids is 1. The minimum atomic E-state index is -1.88. The highest BCUT2D eigenvalue weighted by Crippen LogP contribution is 2.59.